The van der Waals surface area contributed by atoms with Gasteiger partial charge in [0.1, 0.15) is 11.6 Å². The van der Waals surface area contributed by atoms with Crippen molar-refractivity contribution in [3.63, 3.8) is 0 Å². The van der Waals surface area contributed by atoms with Crippen LogP contribution in [0.4, 0.5) is 23.4 Å². The molecule has 3 aromatic rings. The normalized spacial score (nSPS) is 15.8. The van der Waals surface area contributed by atoms with E-state index in [4.69, 9.17) is 9.97 Å². The lowest BCUT2D eigenvalue weighted by molar-refractivity contribution is 0.475. The van der Waals surface area contributed by atoms with E-state index >= 15 is 0 Å². The van der Waals surface area contributed by atoms with Crippen molar-refractivity contribution in [2.24, 2.45) is 0 Å². The zero-order valence-corrected chi connectivity index (χ0v) is 19.8. The topological polar surface area (TPSA) is 83.0 Å². The minimum Gasteiger partial charge on any atom is -0.352 e. The van der Waals surface area contributed by atoms with Crippen LogP contribution in [0.1, 0.15) is 65.5 Å². The van der Waals surface area contributed by atoms with Crippen LogP contribution in [0.25, 0.3) is 10.8 Å². The fraction of sp³-hybridized carbons (Fsp3) is 0.542. The van der Waals surface area contributed by atoms with Crippen molar-refractivity contribution in [3.8, 4) is 0 Å². The molecule has 1 unspecified atom stereocenters. The first-order chi connectivity index (χ1) is 15.5. The molecule has 32 heavy (non-hydrogen) atoms. The number of fused-ring (bicyclic) bond motifs is 1. The Balaban J connectivity index is 1.65. The predicted octanol–water partition coefficient (Wildman–Crippen LogP) is 4.91. The second kappa shape index (κ2) is 9.63. The van der Waals surface area contributed by atoms with Crippen molar-refractivity contribution in [2.75, 3.05) is 34.8 Å². The van der Waals surface area contributed by atoms with E-state index in [1.165, 1.54) is 6.42 Å². The third-order valence-corrected chi connectivity index (χ3v) is 6.16. The number of nitrogens with zero attached hydrogens (tertiary/aromatic N) is 7. The maximum Gasteiger partial charge on any atom is 0.227 e. The van der Waals surface area contributed by atoms with Crippen LogP contribution in [0.5, 0.6) is 0 Å². The van der Waals surface area contributed by atoms with Gasteiger partial charge < -0.3 is 15.1 Å². The fourth-order valence-corrected chi connectivity index (χ4v) is 4.04. The molecule has 4 heterocycles. The molecule has 170 valence electrons. The van der Waals surface area contributed by atoms with Gasteiger partial charge in [-0.2, -0.15) is 10.1 Å². The van der Waals surface area contributed by atoms with Gasteiger partial charge in [0.2, 0.25) is 5.95 Å². The Kier molecular flexibility index (Phi) is 6.67. The number of hydrogen-bond donors (Lipinski definition) is 1. The highest BCUT2D eigenvalue weighted by atomic mass is 15.3. The van der Waals surface area contributed by atoms with Crippen LogP contribution in [0.2, 0.25) is 0 Å². The highest BCUT2D eigenvalue weighted by molar-refractivity contribution is 5.95. The quantitative estimate of drug-likeness (QED) is 0.509. The van der Waals surface area contributed by atoms with Crippen LogP contribution in [-0.4, -0.2) is 50.8 Å². The zero-order chi connectivity index (χ0) is 22.7. The van der Waals surface area contributed by atoms with E-state index in [-0.39, 0.29) is 5.92 Å². The Hall–Kier alpha value is -3.03. The summed E-state index contributed by atoms with van der Waals surface area (Å²) < 4.78 is 0. The van der Waals surface area contributed by atoms with E-state index in [1.54, 1.807) is 6.20 Å². The van der Waals surface area contributed by atoms with Gasteiger partial charge in [-0.3, -0.25) is 0 Å². The number of anilines is 4. The molecule has 4 rings (SSSR count). The van der Waals surface area contributed by atoms with Crippen LogP contribution >= 0.6 is 0 Å². The van der Waals surface area contributed by atoms with Gasteiger partial charge in [-0.05, 0) is 44.7 Å². The molecule has 0 spiro atoms. The molecule has 3 aromatic heterocycles. The van der Waals surface area contributed by atoms with E-state index in [0.29, 0.717) is 6.04 Å². The zero-order valence-electron chi connectivity index (χ0n) is 19.8. The summed E-state index contributed by atoms with van der Waals surface area (Å²) in [6.45, 7) is 13.7. The Morgan fingerprint density at radius 3 is 2.66 bits per heavy atom. The van der Waals surface area contributed by atoms with Crippen molar-refractivity contribution in [3.05, 3.63) is 30.2 Å². The lowest BCUT2D eigenvalue weighted by Gasteiger charge is -2.40. The SMILES string of the molecule is CCCCN(CC)c1nccc(Nc2cc3c(C(C)C)nnc(N4CCC4C)c3cn2)n1. The maximum absolute atomic E-state index is 4.74. The fourth-order valence-electron chi connectivity index (χ4n) is 4.04. The summed E-state index contributed by atoms with van der Waals surface area (Å²) in [7, 11) is 0. The number of rotatable bonds is 9. The molecule has 0 saturated carbocycles. The van der Waals surface area contributed by atoms with Gasteiger partial charge in [0, 0.05) is 48.8 Å². The first-order valence-electron chi connectivity index (χ1n) is 11.8. The minimum atomic E-state index is 0.269. The third kappa shape index (κ3) is 4.45. The highest BCUT2D eigenvalue weighted by Crippen LogP contribution is 2.34. The van der Waals surface area contributed by atoms with Crippen LogP contribution < -0.4 is 15.1 Å². The summed E-state index contributed by atoms with van der Waals surface area (Å²) >= 11 is 0. The van der Waals surface area contributed by atoms with Crippen molar-refractivity contribution in [2.45, 2.75) is 65.8 Å². The van der Waals surface area contributed by atoms with Gasteiger partial charge >= 0.3 is 0 Å². The molecule has 0 aliphatic carbocycles. The number of hydrogen-bond acceptors (Lipinski definition) is 8. The average molecular weight is 435 g/mol. The van der Waals surface area contributed by atoms with E-state index in [0.717, 1.165) is 72.3 Å². The monoisotopic (exact) mass is 434 g/mol. The summed E-state index contributed by atoms with van der Waals surface area (Å²) in [5.74, 6) is 3.43. The van der Waals surface area contributed by atoms with Gasteiger partial charge in [-0.1, -0.05) is 27.2 Å². The smallest absolute Gasteiger partial charge is 0.227 e. The summed E-state index contributed by atoms with van der Waals surface area (Å²) in [6.07, 6.45) is 7.17. The largest absolute Gasteiger partial charge is 0.352 e. The number of unbranched alkanes of at least 4 members (excludes halogenated alkanes) is 1. The standard InChI is InChI=1S/C24H34N8/c1-6-8-12-31(7-2)24-25-11-9-20(28-24)27-21-14-18-19(15-26-21)23(32-13-10-17(32)5)30-29-22(18)16(3)4/h9,11,14-17H,6-8,10,12-13H2,1-5H3,(H,25,26,27,28). The molecule has 1 aliphatic heterocycles. The molecule has 0 aromatic carbocycles. The molecule has 1 N–H and O–H groups in total. The molecule has 0 amide bonds. The summed E-state index contributed by atoms with van der Waals surface area (Å²) in [5, 5.41) is 14.7. The van der Waals surface area contributed by atoms with Crippen molar-refractivity contribution >= 4 is 34.2 Å². The van der Waals surface area contributed by atoms with Gasteiger partial charge in [0.25, 0.3) is 0 Å². The Morgan fingerprint density at radius 2 is 2.00 bits per heavy atom. The summed E-state index contributed by atoms with van der Waals surface area (Å²) in [4.78, 5) is 18.4. The lowest BCUT2D eigenvalue weighted by atomic mass is 10.0. The molecular weight excluding hydrogens is 400 g/mol. The van der Waals surface area contributed by atoms with Gasteiger partial charge in [-0.25, -0.2) is 9.97 Å². The molecule has 1 atom stereocenters. The Labute approximate surface area is 190 Å². The third-order valence-electron chi connectivity index (χ3n) is 6.16. The minimum absolute atomic E-state index is 0.269. The Bertz CT molecular complexity index is 1070. The van der Waals surface area contributed by atoms with E-state index in [2.05, 4.69) is 71.0 Å². The first kappa shape index (κ1) is 22.2. The lowest BCUT2D eigenvalue weighted by Crippen LogP contribution is -2.46. The highest BCUT2D eigenvalue weighted by Gasteiger charge is 2.28. The maximum atomic E-state index is 4.74. The molecule has 1 aliphatic rings. The van der Waals surface area contributed by atoms with E-state index in [1.807, 2.05) is 12.3 Å². The molecular formula is C24H34N8. The van der Waals surface area contributed by atoms with Gasteiger partial charge in [0.15, 0.2) is 5.82 Å². The van der Waals surface area contributed by atoms with E-state index in [9.17, 15) is 0 Å². The predicted molar refractivity (Wildman–Crippen MR) is 131 cm³/mol. The number of pyridine rings is 1. The number of nitrogens with one attached hydrogen (secondary N) is 1. The van der Waals surface area contributed by atoms with Gasteiger partial charge in [-0.15, -0.1) is 5.10 Å². The van der Waals surface area contributed by atoms with Crippen LogP contribution in [0.3, 0.4) is 0 Å². The molecule has 8 nitrogen and oxygen atoms in total. The van der Waals surface area contributed by atoms with Crippen LogP contribution in [0.15, 0.2) is 24.5 Å². The van der Waals surface area contributed by atoms with Gasteiger partial charge in [0.05, 0.1) is 5.69 Å². The Morgan fingerprint density at radius 1 is 1.16 bits per heavy atom. The average Bonchev–Trinajstić information content (AvgIpc) is 2.78. The van der Waals surface area contributed by atoms with Crippen molar-refractivity contribution in [1.82, 2.24) is 25.1 Å². The van der Waals surface area contributed by atoms with Crippen LogP contribution in [-0.2, 0) is 0 Å². The van der Waals surface area contributed by atoms with E-state index < -0.39 is 0 Å². The molecule has 0 bridgehead atoms. The summed E-state index contributed by atoms with van der Waals surface area (Å²) in [5.41, 5.74) is 0.988. The van der Waals surface area contributed by atoms with Crippen molar-refractivity contribution < 1.29 is 0 Å². The second-order valence-electron chi connectivity index (χ2n) is 8.81. The molecule has 1 saturated heterocycles. The second-order valence-corrected chi connectivity index (χ2v) is 8.81. The number of aromatic nitrogens is 5. The van der Waals surface area contributed by atoms with Crippen molar-refractivity contribution in [1.29, 1.82) is 0 Å². The molecule has 8 heteroatoms. The molecule has 1 fully saturated rings. The first-order valence-corrected chi connectivity index (χ1v) is 11.8. The van der Waals surface area contributed by atoms with Crippen LogP contribution in [0, 0.1) is 0 Å². The molecule has 0 radical (unpaired) electrons. The summed E-state index contributed by atoms with van der Waals surface area (Å²) in [6, 6.07) is 4.44.